The number of sulfonamides is 1. The molecule has 10 heteroatoms. The maximum Gasteiger partial charge on any atom is 0.273 e. The third-order valence-electron chi connectivity index (χ3n) is 6.04. The minimum Gasteiger partial charge on any atom is -0.336 e. The van der Waals surface area contributed by atoms with Gasteiger partial charge < -0.3 is 9.47 Å². The second kappa shape index (κ2) is 7.86. The second-order valence-corrected chi connectivity index (χ2v) is 11.1. The minimum absolute atomic E-state index is 0.00247. The third kappa shape index (κ3) is 3.73. The highest BCUT2D eigenvalue weighted by atomic mass is 32.2. The molecule has 0 saturated carbocycles. The fraction of sp³-hybridized carbons (Fsp3) is 0.318. The van der Waals surface area contributed by atoms with E-state index in [1.165, 1.54) is 12.1 Å². The smallest absolute Gasteiger partial charge is 0.273 e. The van der Waals surface area contributed by atoms with E-state index in [-0.39, 0.29) is 39.0 Å². The summed E-state index contributed by atoms with van der Waals surface area (Å²) in [5, 5.41) is 0.170. The van der Waals surface area contributed by atoms with Crippen LogP contribution >= 0.6 is 11.3 Å². The van der Waals surface area contributed by atoms with Crippen LogP contribution in [-0.2, 0) is 16.6 Å². The average Bonchev–Trinajstić information content (AvgIpc) is 3.13. The normalized spacial score (nSPS) is 20.0. The maximum absolute atomic E-state index is 13.3. The van der Waals surface area contributed by atoms with Gasteiger partial charge in [0.2, 0.25) is 0 Å². The minimum atomic E-state index is -3.78. The fourth-order valence-corrected chi connectivity index (χ4v) is 6.69. The van der Waals surface area contributed by atoms with Crippen molar-refractivity contribution in [3.63, 3.8) is 0 Å². The third-order valence-corrected chi connectivity index (χ3v) is 8.41. The molecule has 1 aromatic carbocycles. The molecule has 1 saturated heterocycles. The molecule has 0 aliphatic carbocycles. The van der Waals surface area contributed by atoms with E-state index in [9.17, 15) is 18.0 Å². The summed E-state index contributed by atoms with van der Waals surface area (Å²) in [5.74, 6) is 0.112. The highest BCUT2D eigenvalue weighted by Crippen LogP contribution is 2.36. The number of likely N-dealkylation sites (tertiary alicyclic amines) is 1. The summed E-state index contributed by atoms with van der Waals surface area (Å²) in [7, 11) is -3.78. The Hall–Kier alpha value is -2.98. The van der Waals surface area contributed by atoms with Crippen LogP contribution in [0.3, 0.4) is 0 Å². The molecule has 166 valence electrons. The molecule has 2 atom stereocenters. The molecule has 2 aliphatic rings. The van der Waals surface area contributed by atoms with Crippen molar-refractivity contribution in [3.05, 3.63) is 75.1 Å². The van der Waals surface area contributed by atoms with Crippen LogP contribution in [0.15, 0.2) is 58.2 Å². The molecule has 32 heavy (non-hydrogen) atoms. The number of carbonyl (C=O) groups excluding carboxylic acids is 1. The summed E-state index contributed by atoms with van der Waals surface area (Å²) in [5.41, 5.74) is 1.24. The molecule has 5 rings (SSSR count). The van der Waals surface area contributed by atoms with Crippen LogP contribution in [0.2, 0.25) is 0 Å². The Morgan fingerprint density at radius 3 is 2.66 bits per heavy atom. The summed E-state index contributed by atoms with van der Waals surface area (Å²) in [6.07, 6.45) is 0.950. The predicted molar refractivity (Wildman–Crippen MR) is 122 cm³/mol. The standard InChI is InChI=1S/C22H22N4O4S2/c1-14-20(23-22(31-14)24-32(29,30)17-6-3-2-4-7-17)21(28)25-11-15-10-16(13-25)18-8-5-9-19(27)26(18)12-15/h2-9,15-16H,10-13H2,1H3,(H,23,24)/t15?,16-/m0/s1. The Balaban J connectivity index is 1.37. The summed E-state index contributed by atoms with van der Waals surface area (Å²) in [6.45, 7) is 3.44. The van der Waals surface area contributed by atoms with E-state index in [2.05, 4.69) is 9.71 Å². The lowest BCUT2D eigenvalue weighted by molar-refractivity contribution is 0.0589. The lowest BCUT2D eigenvalue weighted by Gasteiger charge is -2.42. The van der Waals surface area contributed by atoms with E-state index in [4.69, 9.17) is 0 Å². The first-order valence-electron chi connectivity index (χ1n) is 10.4. The lowest BCUT2D eigenvalue weighted by Crippen LogP contribution is -2.49. The van der Waals surface area contributed by atoms with Gasteiger partial charge in [-0.2, -0.15) is 0 Å². The van der Waals surface area contributed by atoms with Crippen LogP contribution < -0.4 is 10.3 Å². The van der Waals surface area contributed by atoms with E-state index < -0.39 is 10.0 Å². The summed E-state index contributed by atoms with van der Waals surface area (Å²) in [6, 6.07) is 13.4. The first kappa shape index (κ1) is 20.9. The number of benzene rings is 1. The van der Waals surface area contributed by atoms with Gasteiger partial charge in [0.25, 0.3) is 21.5 Å². The molecule has 1 fully saturated rings. The number of aromatic nitrogens is 2. The Labute approximate surface area is 189 Å². The highest BCUT2D eigenvalue weighted by molar-refractivity contribution is 7.93. The molecule has 3 aromatic rings. The molecule has 1 unspecified atom stereocenters. The number of nitrogens with zero attached hydrogens (tertiary/aromatic N) is 3. The number of nitrogens with one attached hydrogen (secondary N) is 1. The Bertz CT molecular complexity index is 1350. The Morgan fingerprint density at radius 1 is 1.09 bits per heavy atom. The van der Waals surface area contributed by atoms with Crippen LogP contribution in [0.25, 0.3) is 0 Å². The number of fused-ring (bicyclic) bond motifs is 4. The number of carbonyl (C=O) groups is 1. The quantitative estimate of drug-likeness (QED) is 0.632. The first-order chi connectivity index (χ1) is 15.3. The van der Waals surface area contributed by atoms with Gasteiger partial charge in [-0.15, -0.1) is 11.3 Å². The van der Waals surface area contributed by atoms with Crippen molar-refractivity contribution in [2.24, 2.45) is 5.92 Å². The number of rotatable bonds is 4. The molecule has 2 aromatic heterocycles. The van der Waals surface area contributed by atoms with Gasteiger partial charge in [0.15, 0.2) is 5.13 Å². The molecule has 2 aliphatic heterocycles. The zero-order valence-electron chi connectivity index (χ0n) is 17.4. The van der Waals surface area contributed by atoms with E-state index in [0.717, 1.165) is 23.5 Å². The van der Waals surface area contributed by atoms with Crippen LogP contribution in [-0.4, -0.2) is 41.9 Å². The van der Waals surface area contributed by atoms with Crippen molar-refractivity contribution < 1.29 is 13.2 Å². The van der Waals surface area contributed by atoms with Gasteiger partial charge in [-0.25, -0.2) is 13.4 Å². The number of amides is 1. The molecular formula is C22H22N4O4S2. The summed E-state index contributed by atoms with van der Waals surface area (Å²) < 4.78 is 29.5. The van der Waals surface area contributed by atoms with Gasteiger partial charge in [-0.3, -0.25) is 14.3 Å². The van der Waals surface area contributed by atoms with Crippen molar-refractivity contribution in [3.8, 4) is 0 Å². The predicted octanol–water partition coefficient (Wildman–Crippen LogP) is 2.67. The Kier molecular flexibility index (Phi) is 5.13. The van der Waals surface area contributed by atoms with Crippen molar-refractivity contribution in [1.82, 2.24) is 14.5 Å². The lowest BCUT2D eigenvalue weighted by atomic mass is 9.83. The van der Waals surface area contributed by atoms with Crippen LogP contribution in [0.1, 0.15) is 33.4 Å². The fourth-order valence-electron chi connectivity index (χ4n) is 4.62. The molecule has 0 spiro atoms. The van der Waals surface area contributed by atoms with Gasteiger partial charge in [-0.1, -0.05) is 24.3 Å². The van der Waals surface area contributed by atoms with E-state index in [1.54, 1.807) is 42.2 Å². The molecule has 4 heterocycles. The number of aryl methyl sites for hydroxylation is 1. The summed E-state index contributed by atoms with van der Waals surface area (Å²) >= 11 is 1.15. The van der Waals surface area contributed by atoms with Crippen molar-refractivity contribution >= 4 is 32.4 Å². The molecule has 2 bridgehead atoms. The second-order valence-electron chi connectivity index (χ2n) is 8.25. The van der Waals surface area contributed by atoms with Gasteiger partial charge in [0.05, 0.1) is 4.90 Å². The average molecular weight is 471 g/mol. The van der Waals surface area contributed by atoms with E-state index in [1.807, 2.05) is 10.6 Å². The summed E-state index contributed by atoms with van der Waals surface area (Å²) in [4.78, 5) is 32.4. The van der Waals surface area contributed by atoms with Crippen LogP contribution in [0.4, 0.5) is 5.13 Å². The zero-order chi connectivity index (χ0) is 22.5. The Morgan fingerprint density at radius 2 is 1.88 bits per heavy atom. The maximum atomic E-state index is 13.3. The molecular weight excluding hydrogens is 448 g/mol. The van der Waals surface area contributed by atoms with Gasteiger partial charge >= 0.3 is 0 Å². The van der Waals surface area contributed by atoms with Crippen LogP contribution in [0.5, 0.6) is 0 Å². The van der Waals surface area contributed by atoms with Crippen LogP contribution in [0, 0.1) is 12.8 Å². The molecule has 0 radical (unpaired) electrons. The van der Waals surface area contributed by atoms with Crippen molar-refractivity contribution in [2.45, 2.75) is 30.7 Å². The number of anilines is 1. The number of hydrogen-bond acceptors (Lipinski definition) is 6. The van der Waals surface area contributed by atoms with E-state index >= 15 is 0 Å². The van der Waals surface area contributed by atoms with E-state index in [0.29, 0.717) is 24.5 Å². The molecule has 1 amide bonds. The topological polar surface area (TPSA) is 101 Å². The van der Waals surface area contributed by atoms with Gasteiger partial charge in [-0.05, 0) is 37.5 Å². The first-order valence-corrected chi connectivity index (χ1v) is 12.7. The largest absolute Gasteiger partial charge is 0.336 e. The number of thiazole rings is 1. The van der Waals surface area contributed by atoms with Gasteiger partial charge in [0.1, 0.15) is 5.69 Å². The van der Waals surface area contributed by atoms with Gasteiger partial charge in [0, 0.05) is 42.2 Å². The molecule has 1 N–H and O–H groups in total. The number of hydrogen-bond donors (Lipinski definition) is 1. The zero-order valence-corrected chi connectivity index (χ0v) is 19.0. The SMILES string of the molecule is Cc1sc(NS(=O)(=O)c2ccccc2)nc1C(=O)N1CC2C[C@@H](C1)c1cccc(=O)n1C2. The van der Waals surface area contributed by atoms with Crippen molar-refractivity contribution in [1.29, 1.82) is 0 Å². The van der Waals surface area contributed by atoms with Crippen molar-refractivity contribution in [2.75, 3.05) is 17.8 Å². The number of pyridine rings is 1. The molecule has 8 nitrogen and oxygen atoms in total. The highest BCUT2D eigenvalue weighted by Gasteiger charge is 2.37. The number of piperidine rings is 1. The monoisotopic (exact) mass is 470 g/mol.